The first-order valence-corrected chi connectivity index (χ1v) is 8.90. The number of amides is 1. The van der Waals surface area contributed by atoms with Crippen molar-refractivity contribution in [3.63, 3.8) is 0 Å². The normalized spacial score (nSPS) is 10.8. The number of carbonyl (C=O) groups excluding carboxylic acids is 1. The highest BCUT2D eigenvalue weighted by atomic mass is 16.5. The Labute approximate surface area is 165 Å². The maximum Gasteiger partial charge on any atom is 0.276 e. The Hall–Kier alpha value is -3.94. The molecule has 0 spiro atoms. The molecule has 0 bridgehead atoms. The number of benzene rings is 2. The summed E-state index contributed by atoms with van der Waals surface area (Å²) in [5, 5.41) is 4.39. The number of rotatable bonds is 5. The van der Waals surface area contributed by atoms with Gasteiger partial charge in [-0.2, -0.15) is 0 Å². The second-order valence-corrected chi connectivity index (χ2v) is 6.47. The molecule has 4 rings (SSSR count). The lowest BCUT2D eigenvalue weighted by Crippen LogP contribution is -2.28. The van der Waals surface area contributed by atoms with Crippen LogP contribution in [0.2, 0.25) is 0 Å². The monoisotopic (exact) mass is 390 g/mol. The summed E-state index contributed by atoms with van der Waals surface area (Å²) in [6.07, 6.45) is 0. The molecule has 1 N–H and O–H groups in total. The maximum atomic E-state index is 12.7. The highest BCUT2D eigenvalue weighted by molar-refractivity contribution is 5.93. The van der Waals surface area contributed by atoms with Crippen molar-refractivity contribution in [2.45, 2.75) is 6.54 Å². The first-order valence-electron chi connectivity index (χ1n) is 8.90. The number of methoxy groups -OCH3 is 1. The molecule has 2 aromatic heterocycles. The van der Waals surface area contributed by atoms with E-state index in [0.717, 1.165) is 0 Å². The van der Waals surface area contributed by atoms with Crippen LogP contribution in [-0.4, -0.2) is 40.1 Å². The van der Waals surface area contributed by atoms with Crippen molar-refractivity contribution in [1.82, 2.24) is 20.0 Å². The number of para-hydroxylation sites is 2. The fourth-order valence-electron chi connectivity index (χ4n) is 3.05. The number of ether oxygens (including phenoxy) is 1. The number of nitrogens with zero attached hydrogens (tertiary/aromatic N) is 3. The van der Waals surface area contributed by atoms with Gasteiger partial charge in [-0.1, -0.05) is 29.4 Å². The van der Waals surface area contributed by atoms with E-state index in [1.165, 1.54) is 4.90 Å². The van der Waals surface area contributed by atoms with Gasteiger partial charge < -0.3 is 19.1 Å². The number of H-pyrrole nitrogens is 1. The Morgan fingerprint density at radius 3 is 2.76 bits per heavy atom. The van der Waals surface area contributed by atoms with Crippen LogP contribution in [0.3, 0.4) is 0 Å². The molecule has 0 aliphatic carbocycles. The zero-order valence-corrected chi connectivity index (χ0v) is 15.9. The molecule has 0 unspecified atom stereocenters. The molecule has 0 aliphatic rings. The molecule has 2 heterocycles. The highest BCUT2D eigenvalue weighted by Gasteiger charge is 2.20. The van der Waals surface area contributed by atoms with Crippen LogP contribution in [0.15, 0.2) is 63.9 Å². The van der Waals surface area contributed by atoms with E-state index in [-0.39, 0.29) is 23.7 Å². The number of aromatic amines is 1. The van der Waals surface area contributed by atoms with Crippen molar-refractivity contribution in [1.29, 1.82) is 0 Å². The molecule has 4 aromatic rings. The predicted molar refractivity (Wildman–Crippen MR) is 107 cm³/mol. The summed E-state index contributed by atoms with van der Waals surface area (Å²) in [7, 11) is 3.17. The Morgan fingerprint density at radius 2 is 1.93 bits per heavy atom. The molecular weight excluding hydrogens is 372 g/mol. The SMILES string of the molecule is COc1ccccc1-c1cc(C(=O)N(C)Cc2nc3ccccc3c(=O)[nH]2)no1. The summed E-state index contributed by atoms with van der Waals surface area (Å²) in [5.74, 6) is 1.08. The van der Waals surface area contributed by atoms with Crippen LogP contribution in [0.25, 0.3) is 22.2 Å². The number of hydrogen-bond acceptors (Lipinski definition) is 6. The minimum absolute atomic E-state index is 0.121. The number of nitrogens with one attached hydrogen (secondary N) is 1. The van der Waals surface area contributed by atoms with E-state index in [1.807, 2.05) is 24.3 Å². The average molecular weight is 390 g/mol. The molecule has 29 heavy (non-hydrogen) atoms. The first kappa shape index (κ1) is 18.4. The van der Waals surface area contributed by atoms with Gasteiger partial charge in [0.15, 0.2) is 11.5 Å². The van der Waals surface area contributed by atoms with Crippen LogP contribution < -0.4 is 10.3 Å². The molecule has 0 saturated carbocycles. The fourth-order valence-corrected chi connectivity index (χ4v) is 3.05. The van der Waals surface area contributed by atoms with E-state index >= 15 is 0 Å². The van der Waals surface area contributed by atoms with Crippen molar-refractivity contribution >= 4 is 16.8 Å². The molecule has 0 radical (unpaired) electrons. The third-order valence-electron chi connectivity index (χ3n) is 4.50. The van der Waals surface area contributed by atoms with Gasteiger partial charge in [0, 0.05) is 13.1 Å². The van der Waals surface area contributed by atoms with Gasteiger partial charge in [0.05, 0.1) is 30.1 Å². The van der Waals surface area contributed by atoms with E-state index in [1.54, 1.807) is 44.5 Å². The van der Waals surface area contributed by atoms with Crippen molar-refractivity contribution in [3.8, 4) is 17.1 Å². The standard InChI is InChI=1S/C21H18N4O4/c1-25(12-19-22-15-9-5-3-7-13(15)20(26)23-19)21(27)16-11-18(29-24-16)14-8-4-6-10-17(14)28-2/h3-11H,12H2,1-2H3,(H,22,23,26). The minimum atomic E-state index is -0.356. The second-order valence-electron chi connectivity index (χ2n) is 6.47. The van der Waals surface area contributed by atoms with Crippen LogP contribution in [0, 0.1) is 0 Å². The van der Waals surface area contributed by atoms with E-state index in [4.69, 9.17) is 9.26 Å². The van der Waals surface area contributed by atoms with Gasteiger partial charge in [-0.05, 0) is 24.3 Å². The lowest BCUT2D eigenvalue weighted by molar-refractivity contribution is 0.0771. The summed E-state index contributed by atoms with van der Waals surface area (Å²) in [5.41, 5.74) is 1.18. The van der Waals surface area contributed by atoms with E-state index in [2.05, 4.69) is 15.1 Å². The summed E-state index contributed by atoms with van der Waals surface area (Å²) >= 11 is 0. The van der Waals surface area contributed by atoms with Crippen molar-refractivity contribution in [3.05, 3.63) is 76.5 Å². The van der Waals surface area contributed by atoms with Crippen molar-refractivity contribution in [2.75, 3.05) is 14.2 Å². The Morgan fingerprint density at radius 1 is 1.17 bits per heavy atom. The number of hydrogen-bond donors (Lipinski definition) is 1. The quantitative estimate of drug-likeness (QED) is 0.562. The largest absolute Gasteiger partial charge is 0.496 e. The van der Waals surface area contributed by atoms with Gasteiger partial charge in [0.1, 0.15) is 11.6 Å². The van der Waals surface area contributed by atoms with E-state index < -0.39 is 0 Å². The Balaban J connectivity index is 1.56. The molecule has 1 amide bonds. The smallest absolute Gasteiger partial charge is 0.276 e. The summed E-state index contributed by atoms with van der Waals surface area (Å²) < 4.78 is 10.7. The van der Waals surface area contributed by atoms with Crippen LogP contribution in [0.1, 0.15) is 16.3 Å². The Bertz CT molecular complexity index is 1240. The fraction of sp³-hybridized carbons (Fsp3) is 0.143. The van der Waals surface area contributed by atoms with E-state index in [0.29, 0.717) is 33.8 Å². The zero-order chi connectivity index (χ0) is 20.4. The topological polar surface area (TPSA) is 101 Å². The molecule has 0 fully saturated rings. The number of carbonyl (C=O) groups is 1. The van der Waals surface area contributed by atoms with Gasteiger partial charge in [0.25, 0.3) is 11.5 Å². The third kappa shape index (κ3) is 3.60. The number of aromatic nitrogens is 3. The minimum Gasteiger partial charge on any atom is -0.496 e. The maximum absolute atomic E-state index is 12.7. The molecule has 2 aromatic carbocycles. The molecule has 0 saturated heterocycles. The lowest BCUT2D eigenvalue weighted by Gasteiger charge is -2.15. The first-order chi connectivity index (χ1) is 14.1. The Kier molecular flexibility index (Phi) is 4.82. The molecule has 0 aliphatic heterocycles. The summed E-state index contributed by atoms with van der Waals surface area (Å²) in [4.78, 5) is 33.5. The predicted octanol–water partition coefficient (Wildman–Crippen LogP) is 2.86. The molecule has 8 heteroatoms. The van der Waals surface area contributed by atoms with Crippen LogP contribution in [0.5, 0.6) is 5.75 Å². The third-order valence-corrected chi connectivity index (χ3v) is 4.50. The summed E-state index contributed by atoms with van der Waals surface area (Å²) in [6.45, 7) is 0.121. The molecular formula is C21H18N4O4. The number of fused-ring (bicyclic) bond motifs is 1. The molecule has 146 valence electrons. The lowest BCUT2D eigenvalue weighted by atomic mass is 10.1. The molecule has 8 nitrogen and oxygen atoms in total. The van der Waals surface area contributed by atoms with Gasteiger partial charge in [-0.25, -0.2) is 4.98 Å². The zero-order valence-electron chi connectivity index (χ0n) is 15.9. The van der Waals surface area contributed by atoms with Gasteiger partial charge in [-0.15, -0.1) is 0 Å². The second kappa shape index (κ2) is 7.59. The van der Waals surface area contributed by atoms with Crippen LogP contribution in [0.4, 0.5) is 0 Å². The van der Waals surface area contributed by atoms with Crippen molar-refractivity contribution < 1.29 is 14.1 Å². The highest BCUT2D eigenvalue weighted by Crippen LogP contribution is 2.30. The average Bonchev–Trinajstić information content (AvgIpc) is 3.23. The van der Waals surface area contributed by atoms with Gasteiger partial charge >= 0.3 is 0 Å². The van der Waals surface area contributed by atoms with Gasteiger partial charge in [-0.3, -0.25) is 9.59 Å². The van der Waals surface area contributed by atoms with Crippen LogP contribution in [-0.2, 0) is 6.54 Å². The van der Waals surface area contributed by atoms with Crippen LogP contribution >= 0.6 is 0 Å². The molecule has 0 atom stereocenters. The summed E-state index contributed by atoms with van der Waals surface area (Å²) in [6, 6.07) is 15.9. The van der Waals surface area contributed by atoms with E-state index in [9.17, 15) is 9.59 Å². The van der Waals surface area contributed by atoms with Crippen molar-refractivity contribution in [2.24, 2.45) is 0 Å². The van der Waals surface area contributed by atoms with Gasteiger partial charge in [0.2, 0.25) is 0 Å².